The van der Waals surface area contributed by atoms with Gasteiger partial charge in [0.05, 0.1) is 31.4 Å². The molecule has 3 heterocycles. The molecule has 0 bridgehead atoms. The van der Waals surface area contributed by atoms with Crippen LogP contribution in [0.3, 0.4) is 0 Å². The largest absolute Gasteiger partial charge is 0.496 e. The first-order chi connectivity index (χ1) is 15.3. The van der Waals surface area contributed by atoms with E-state index in [2.05, 4.69) is 15.0 Å². The van der Waals surface area contributed by atoms with E-state index in [-0.39, 0.29) is 0 Å². The summed E-state index contributed by atoms with van der Waals surface area (Å²) in [5.74, 6) is 2.28. The van der Waals surface area contributed by atoms with E-state index in [0.717, 1.165) is 45.7 Å². The summed E-state index contributed by atoms with van der Waals surface area (Å²) in [7, 11) is 1.66. The third kappa shape index (κ3) is 3.82. The van der Waals surface area contributed by atoms with Crippen LogP contribution in [-0.4, -0.2) is 28.7 Å². The van der Waals surface area contributed by atoms with Crippen LogP contribution in [0.2, 0.25) is 0 Å². The summed E-state index contributed by atoms with van der Waals surface area (Å²) in [6.45, 7) is 1.78. The molecule has 160 valence electrons. The Morgan fingerprint density at radius 2 is 2.23 bits per heavy atom. The molecule has 31 heavy (non-hydrogen) atoms. The smallest absolute Gasteiger partial charge is 0.191 e. The average molecular weight is 438 g/mol. The zero-order valence-corrected chi connectivity index (χ0v) is 17.9. The summed E-state index contributed by atoms with van der Waals surface area (Å²) in [6.07, 6.45) is 5.68. The average Bonchev–Trinajstić information content (AvgIpc) is 3.44. The van der Waals surface area contributed by atoms with Crippen molar-refractivity contribution in [1.29, 1.82) is 0 Å². The van der Waals surface area contributed by atoms with Gasteiger partial charge in [-0.15, -0.1) is 0 Å². The molecule has 0 saturated heterocycles. The Labute approximate surface area is 183 Å². The van der Waals surface area contributed by atoms with Gasteiger partial charge in [0, 0.05) is 23.9 Å². The van der Waals surface area contributed by atoms with Crippen LogP contribution in [0, 0.1) is 0 Å². The van der Waals surface area contributed by atoms with Gasteiger partial charge in [-0.3, -0.25) is 4.68 Å². The number of rotatable bonds is 7. The summed E-state index contributed by atoms with van der Waals surface area (Å²) in [4.78, 5) is 0.960. The molecule has 3 N–H and O–H groups in total. The van der Waals surface area contributed by atoms with Crippen LogP contribution < -0.4 is 19.9 Å². The summed E-state index contributed by atoms with van der Waals surface area (Å²) in [6, 6.07) is 9.86. The third-order valence-electron chi connectivity index (χ3n) is 5.31. The van der Waals surface area contributed by atoms with Crippen LogP contribution in [0.15, 0.2) is 52.1 Å². The Bertz CT molecular complexity index is 1220. The summed E-state index contributed by atoms with van der Waals surface area (Å²) >= 11 is 1.43. The number of ether oxygens (including phenoxy) is 2. The minimum absolute atomic E-state index is 0.473. The molecule has 0 atom stereocenters. The van der Waals surface area contributed by atoms with Crippen molar-refractivity contribution in [2.45, 2.75) is 30.8 Å². The molecule has 0 radical (unpaired) electrons. The normalized spacial score (nSPS) is 13.1. The molecule has 5 rings (SSSR count). The van der Waals surface area contributed by atoms with Gasteiger partial charge in [0.1, 0.15) is 16.9 Å². The molecule has 9 heteroatoms. The maximum atomic E-state index is 6.11. The van der Waals surface area contributed by atoms with Crippen molar-refractivity contribution in [3.8, 4) is 11.5 Å². The van der Waals surface area contributed by atoms with E-state index >= 15 is 0 Å². The Morgan fingerprint density at radius 1 is 1.32 bits per heavy atom. The number of para-hydroxylation sites is 1. The predicted molar refractivity (Wildman–Crippen MR) is 120 cm³/mol. The van der Waals surface area contributed by atoms with E-state index in [4.69, 9.17) is 19.7 Å². The summed E-state index contributed by atoms with van der Waals surface area (Å²) in [5, 5.41) is 9.56. The Kier molecular flexibility index (Phi) is 5.44. The summed E-state index contributed by atoms with van der Waals surface area (Å²) < 4.78 is 22.4. The van der Waals surface area contributed by atoms with Gasteiger partial charge < -0.3 is 24.5 Å². The van der Waals surface area contributed by atoms with Crippen LogP contribution in [0.25, 0.3) is 11.0 Å². The molecule has 0 unspecified atom stereocenters. The van der Waals surface area contributed by atoms with Crippen molar-refractivity contribution in [2.75, 3.05) is 18.4 Å². The van der Waals surface area contributed by atoms with E-state index in [1.54, 1.807) is 13.3 Å². The Balaban J connectivity index is 1.49. The van der Waals surface area contributed by atoms with E-state index in [1.807, 2.05) is 41.2 Å². The van der Waals surface area contributed by atoms with Crippen LogP contribution in [0.1, 0.15) is 23.1 Å². The number of nitrogens with two attached hydrogens (primary N) is 1. The highest BCUT2D eigenvalue weighted by Gasteiger charge is 2.24. The minimum atomic E-state index is 0.473. The van der Waals surface area contributed by atoms with Gasteiger partial charge in [-0.05, 0) is 48.6 Å². The molecule has 2 aromatic heterocycles. The maximum Gasteiger partial charge on any atom is 0.191 e. The lowest BCUT2D eigenvalue weighted by Crippen LogP contribution is -2.13. The van der Waals surface area contributed by atoms with Crippen molar-refractivity contribution in [2.24, 2.45) is 5.73 Å². The van der Waals surface area contributed by atoms with E-state index in [9.17, 15) is 0 Å². The molecule has 0 aliphatic carbocycles. The van der Waals surface area contributed by atoms with Gasteiger partial charge in [0.25, 0.3) is 0 Å². The van der Waals surface area contributed by atoms with Gasteiger partial charge in [-0.2, -0.15) is 5.10 Å². The van der Waals surface area contributed by atoms with Crippen molar-refractivity contribution < 1.29 is 14.0 Å². The highest BCUT2D eigenvalue weighted by Crippen LogP contribution is 2.42. The lowest BCUT2D eigenvalue weighted by molar-refractivity contribution is 0.291. The number of methoxy groups -OCH3 is 1. The molecule has 0 amide bonds. The first-order valence-corrected chi connectivity index (χ1v) is 10.9. The number of hydrogen-bond acceptors (Lipinski definition) is 8. The lowest BCUT2D eigenvalue weighted by Gasteiger charge is -2.21. The highest BCUT2D eigenvalue weighted by molar-refractivity contribution is 8.00. The Morgan fingerprint density at radius 3 is 3.06 bits per heavy atom. The molecule has 0 fully saturated rings. The SMILES string of the molecule is COc1ccccc1SNc1noc2cc(Cn3cc(CN)cn3)c3c(c12)OCCC3. The van der Waals surface area contributed by atoms with Gasteiger partial charge in [0.15, 0.2) is 11.4 Å². The molecule has 4 aromatic rings. The number of nitrogens with zero attached hydrogens (tertiary/aromatic N) is 3. The number of aromatic nitrogens is 3. The van der Waals surface area contributed by atoms with Crippen LogP contribution in [0.4, 0.5) is 5.82 Å². The zero-order valence-electron chi connectivity index (χ0n) is 17.1. The molecular formula is C22H23N5O3S. The lowest BCUT2D eigenvalue weighted by atomic mass is 9.97. The quantitative estimate of drug-likeness (QED) is 0.419. The van der Waals surface area contributed by atoms with Crippen LogP contribution >= 0.6 is 11.9 Å². The second-order valence-electron chi connectivity index (χ2n) is 7.30. The first kappa shape index (κ1) is 19.8. The standard InChI is InChI=1S/C22H23N5O3S/c1-28-17-6-2-3-7-19(17)31-26-22-20-18(30-25-22)9-15(16-5-4-8-29-21(16)20)13-27-12-14(10-23)11-24-27/h2-3,6-7,9,11-12H,4-5,8,10,13,23H2,1H3,(H,25,26). The van der Waals surface area contributed by atoms with Gasteiger partial charge in [-0.1, -0.05) is 17.3 Å². The topological polar surface area (TPSA) is 100 Å². The van der Waals surface area contributed by atoms with Crippen molar-refractivity contribution in [1.82, 2.24) is 14.9 Å². The minimum Gasteiger partial charge on any atom is -0.496 e. The fraction of sp³-hybridized carbons (Fsp3) is 0.273. The molecule has 1 aliphatic heterocycles. The van der Waals surface area contributed by atoms with Gasteiger partial charge in [-0.25, -0.2) is 0 Å². The monoisotopic (exact) mass is 437 g/mol. The van der Waals surface area contributed by atoms with E-state index in [1.165, 1.54) is 17.5 Å². The molecule has 0 spiro atoms. The molecular weight excluding hydrogens is 414 g/mol. The van der Waals surface area contributed by atoms with Gasteiger partial charge >= 0.3 is 0 Å². The van der Waals surface area contributed by atoms with E-state index < -0.39 is 0 Å². The molecule has 8 nitrogen and oxygen atoms in total. The maximum absolute atomic E-state index is 6.11. The van der Waals surface area contributed by atoms with E-state index in [0.29, 0.717) is 31.1 Å². The molecule has 0 saturated carbocycles. The second kappa shape index (κ2) is 8.52. The number of nitrogens with one attached hydrogen (secondary N) is 1. The molecule has 1 aliphatic rings. The second-order valence-corrected chi connectivity index (χ2v) is 8.15. The van der Waals surface area contributed by atoms with Crippen molar-refractivity contribution in [3.63, 3.8) is 0 Å². The molecule has 2 aromatic carbocycles. The first-order valence-electron chi connectivity index (χ1n) is 10.1. The number of benzene rings is 2. The van der Waals surface area contributed by atoms with Crippen molar-refractivity contribution >= 4 is 28.7 Å². The predicted octanol–water partition coefficient (Wildman–Crippen LogP) is 3.98. The number of fused-ring (bicyclic) bond motifs is 3. The summed E-state index contributed by atoms with van der Waals surface area (Å²) in [5.41, 5.74) is 9.71. The van der Waals surface area contributed by atoms with Crippen LogP contribution in [-0.2, 0) is 19.5 Å². The van der Waals surface area contributed by atoms with Gasteiger partial charge in [0.2, 0.25) is 0 Å². The Hall–Kier alpha value is -3.17. The third-order valence-corrected chi connectivity index (χ3v) is 6.16. The van der Waals surface area contributed by atoms with Crippen molar-refractivity contribution in [3.05, 3.63) is 59.4 Å². The number of hydrogen-bond donors (Lipinski definition) is 2. The highest BCUT2D eigenvalue weighted by atomic mass is 32.2. The zero-order chi connectivity index (χ0) is 21.2. The fourth-order valence-electron chi connectivity index (χ4n) is 3.81. The van der Waals surface area contributed by atoms with Crippen LogP contribution in [0.5, 0.6) is 11.5 Å². The fourth-order valence-corrected chi connectivity index (χ4v) is 4.55. The number of anilines is 1.